The minimum Gasteiger partial charge on any atom is -0.326 e. The van der Waals surface area contributed by atoms with E-state index >= 15 is 0 Å². The molecular formula is C17H19BrN4Pt. The van der Waals surface area contributed by atoms with Gasteiger partial charge < -0.3 is 5.73 Å². The third-order valence-electron chi connectivity index (χ3n) is 3.14. The van der Waals surface area contributed by atoms with Crippen molar-refractivity contribution in [2.24, 2.45) is 12.8 Å². The summed E-state index contributed by atoms with van der Waals surface area (Å²) in [5.41, 5.74) is 7.83. The van der Waals surface area contributed by atoms with Crippen LogP contribution in [0.1, 0.15) is 17.0 Å². The third kappa shape index (κ3) is 6.02. The fourth-order valence-electron chi connectivity index (χ4n) is 1.93. The number of nitrogens with zero attached hydrogens (tertiary/aromatic N) is 2. The van der Waals surface area contributed by atoms with Crippen LogP contribution in [0.25, 0.3) is 0 Å². The average molecular weight is 554 g/mol. The summed E-state index contributed by atoms with van der Waals surface area (Å²) < 4.78 is 4.00. The van der Waals surface area contributed by atoms with Gasteiger partial charge in [-0.1, -0.05) is 28.1 Å². The van der Waals surface area contributed by atoms with Gasteiger partial charge in [0, 0.05) is 11.0 Å². The topological polar surface area (TPSA) is 59.6 Å². The number of benzene rings is 2. The summed E-state index contributed by atoms with van der Waals surface area (Å²) in [4.78, 5) is 4.40. The molecule has 0 radical (unpaired) electrons. The van der Waals surface area contributed by atoms with E-state index < -0.39 is 0 Å². The largest absolute Gasteiger partial charge is 0.326 e. The Hall–Kier alpha value is -1.29. The van der Waals surface area contributed by atoms with Crippen LogP contribution in [0.4, 0.5) is 0 Å². The van der Waals surface area contributed by atoms with E-state index in [2.05, 4.69) is 57.5 Å². The minimum atomic E-state index is 0.618. The van der Waals surface area contributed by atoms with Crippen molar-refractivity contribution in [3.8, 4) is 0 Å². The van der Waals surface area contributed by atoms with Gasteiger partial charge in [0.15, 0.2) is 0 Å². The monoisotopic (exact) mass is 553 g/mol. The van der Waals surface area contributed by atoms with Gasteiger partial charge in [-0.15, -0.1) is 0 Å². The van der Waals surface area contributed by atoms with Crippen LogP contribution in [0.2, 0.25) is 0 Å². The zero-order valence-corrected chi connectivity index (χ0v) is 16.6. The smallest absolute Gasteiger partial charge is 0.0178 e. The Morgan fingerprint density at radius 3 is 2.26 bits per heavy atom. The number of rotatable bonds is 3. The molecule has 3 N–H and O–H groups in total. The molecule has 0 aliphatic heterocycles. The molecule has 0 unspecified atom stereocenters. The molecular weight excluding hydrogens is 535 g/mol. The van der Waals surface area contributed by atoms with Crippen LogP contribution in [0.15, 0.2) is 59.1 Å². The van der Waals surface area contributed by atoms with Crippen molar-refractivity contribution >= 4 is 15.9 Å². The summed E-state index contributed by atoms with van der Waals surface area (Å²) in [6, 6.07) is 18.3. The molecule has 0 fully saturated rings. The number of H-pyrrole nitrogens is 1. The SMILES string of the molecule is Cn1[nH]c(Cc2ccccc2)n[c]1=[Pt].NCc1ccc(Br)cc1. The van der Waals surface area contributed by atoms with Crippen LogP contribution < -0.4 is 5.73 Å². The zero-order chi connectivity index (χ0) is 16.7. The summed E-state index contributed by atoms with van der Waals surface area (Å²) in [6.07, 6.45) is 0.859. The van der Waals surface area contributed by atoms with E-state index in [-0.39, 0.29) is 0 Å². The zero-order valence-electron chi connectivity index (χ0n) is 12.8. The van der Waals surface area contributed by atoms with Crippen LogP contribution in [0.3, 0.4) is 0 Å². The first-order chi connectivity index (χ1) is 11.1. The van der Waals surface area contributed by atoms with E-state index in [9.17, 15) is 0 Å². The Balaban J connectivity index is 0.000000185. The van der Waals surface area contributed by atoms with Crippen LogP contribution in [0.5, 0.6) is 0 Å². The van der Waals surface area contributed by atoms with Gasteiger partial charge in [0.25, 0.3) is 0 Å². The Morgan fingerprint density at radius 1 is 1.09 bits per heavy atom. The molecule has 0 amide bonds. The summed E-state index contributed by atoms with van der Waals surface area (Å²) in [5.74, 6) is 1.00. The average Bonchev–Trinajstić information content (AvgIpc) is 2.87. The minimum absolute atomic E-state index is 0.618. The van der Waals surface area contributed by atoms with Gasteiger partial charge >= 0.3 is 93.1 Å². The molecule has 0 aliphatic carbocycles. The standard InChI is InChI=1S/C10H11N3.C7H8BrN.Pt/c1-13-8-11-10(12-13)7-9-5-3-2-4-6-9;8-7-3-1-6(5-9)2-4-7;/h2-6H,7H2,1H3,(H,11,12);1-4H,5,9H2;. The molecule has 0 saturated heterocycles. The summed E-state index contributed by atoms with van der Waals surface area (Å²) in [6.45, 7) is 0.618. The van der Waals surface area contributed by atoms with Crippen molar-refractivity contribution in [2.75, 3.05) is 0 Å². The van der Waals surface area contributed by atoms with Crippen molar-refractivity contribution in [2.45, 2.75) is 13.0 Å². The van der Waals surface area contributed by atoms with Gasteiger partial charge in [0.1, 0.15) is 0 Å². The molecule has 1 aromatic heterocycles. The van der Waals surface area contributed by atoms with E-state index in [1.165, 1.54) is 11.1 Å². The van der Waals surface area contributed by atoms with E-state index in [1.54, 1.807) is 0 Å². The predicted octanol–water partition coefficient (Wildman–Crippen LogP) is 3.33. The van der Waals surface area contributed by atoms with E-state index in [4.69, 9.17) is 5.73 Å². The van der Waals surface area contributed by atoms with Crippen molar-refractivity contribution in [3.63, 3.8) is 0 Å². The Bertz CT molecular complexity index is 778. The molecule has 2 aromatic carbocycles. The van der Waals surface area contributed by atoms with Crippen LogP contribution in [0, 0.1) is 3.80 Å². The van der Waals surface area contributed by atoms with Gasteiger partial charge in [-0.05, 0) is 17.7 Å². The number of hydrogen-bond acceptors (Lipinski definition) is 2. The fourth-order valence-corrected chi connectivity index (χ4v) is 2.63. The maximum atomic E-state index is 5.38. The normalized spacial score (nSPS) is 10.1. The first kappa shape index (κ1) is 18.1. The Kier molecular flexibility index (Phi) is 7.15. The molecule has 0 aliphatic rings. The third-order valence-corrected chi connectivity index (χ3v) is 4.68. The molecule has 23 heavy (non-hydrogen) atoms. The van der Waals surface area contributed by atoms with Gasteiger partial charge in [-0.25, -0.2) is 0 Å². The molecule has 124 valence electrons. The molecule has 0 saturated carbocycles. The van der Waals surface area contributed by atoms with Crippen molar-refractivity contribution in [3.05, 3.63) is 79.8 Å². The first-order valence-corrected chi connectivity index (χ1v) is 9.07. The van der Waals surface area contributed by atoms with Crippen LogP contribution >= 0.6 is 15.9 Å². The first-order valence-electron chi connectivity index (χ1n) is 7.14. The number of nitrogens with two attached hydrogens (primary N) is 1. The van der Waals surface area contributed by atoms with Crippen LogP contribution in [-0.4, -0.2) is 14.8 Å². The summed E-state index contributed by atoms with van der Waals surface area (Å²) >= 11 is 5.53. The number of aryl methyl sites for hydroxylation is 1. The summed E-state index contributed by atoms with van der Waals surface area (Å²) in [7, 11) is 1.96. The van der Waals surface area contributed by atoms with E-state index in [1.807, 2.05) is 54.2 Å². The summed E-state index contributed by atoms with van der Waals surface area (Å²) in [5, 5.41) is 3.19. The quantitative estimate of drug-likeness (QED) is 0.522. The fraction of sp³-hybridized carbons (Fsp3) is 0.176. The molecule has 0 bridgehead atoms. The number of nitrogens with one attached hydrogen (secondary N) is 1. The molecule has 3 aromatic rings. The number of aromatic amines is 1. The molecule has 0 spiro atoms. The van der Waals surface area contributed by atoms with Gasteiger partial charge in [0.05, 0.1) is 0 Å². The Labute approximate surface area is 155 Å². The molecule has 6 heteroatoms. The second-order valence-electron chi connectivity index (χ2n) is 4.96. The second-order valence-corrected chi connectivity index (χ2v) is 6.90. The van der Waals surface area contributed by atoms with Gasteiger partial charge in [-0.3, -0.25) is 0 Å². The maximum Gasteiger partial charge on any atom is 0.0178 e. The molecule has 1 heterocycles. The van der Waals surface area contributed by atoms with Gasteiger partial charge in [-0.2, -0.15) is 0 Å². The van der Waals surface area contributed by atoms with E-state index in [0.717, 1.165) is 20.5 Å². The van der Waals surface area contributed by atoms with Crippen molar-refractivity contribution in [1.29, 1.82) is 0 Å². The van der Waals surface area contributed by atoms with Crippen molar-refractivity contribution < 1.29 is 19.4 Å². The van der Waals surface area contributed by atoms with Crippen LogP contribution in [-0.2, 0) is 39.4 Å². The number of halogens is 1. The van der Waals surface area contributed by atoms with E-state index in [0.29, 0.717) is 6.54 Å². The molecule has 4 nitrogen and oxygen atoms in total. The van der Waals surface area contributed by atoms with Gasteiger partial charge in [0.2, 0.25) is 0 Å². The second kappa shape index (κ2) is 9.11. The predicted molar refractivity (Wildman–Crippen MR) is 92.1 cm³/mol. The number of hydrogen-bond donors (Lipinski definition) is 2. The Morgan fingerprint density at radius 2 is 1.74 bits per heavy atom. The van der Waals surface area contributed by atoms with Crippen molar-refractivity contribution in [1.82, 2.24) is 14.8 Å². The molecule has 3 rings (SSSR count). The number of aromatic nitrogens is 3. The maximum absolute atomic E-state index is 5.38. The molecule has 0 atom stereocenters.